The first-order chi connectivity index (χ1) is 15.3. The van der Waals surface area contributed by atoms with Gasteiger partial charge in [-0.1, -0.05) is 42.0 Å². The SMILES string of the molecule is Fc1ccc(N2c3ccccc3C(=C3C4CC5CC(C4)CC3C5)c3ccccc32)cc1. The van der Waals surface area contributed by atoms with Crippen molar-refractivity contribution < 1.29 is 4.39 Å². The Bertz CT molecular complexity index is 1130. The van der Waals surface area contributed by atoms with E-state index < -0.39 is 0 Å². The van der Waals surface area contributed by atoms with Gasteiger partial charge in [-0.25, -0.2) is 4.39 Å². The van der Waals surface area contributed by atoms with Crippen molar-refractivity contribution in [3.63, 3.8) is 0 Å². The summed E-state index contributed by atoms with van der Waals surface area (Å²) in [7, 11) is 0. The molecule has 1 aliphatic heterocycles. The van der Waals surface area contributed by atoms with Crippen molar-refractivity contribution in [2.75, 3.05) is 4.90 Å². The van der Waals surface area contributed by atoms with E-state index >= 15 is 0 Å². The van der Waals surface area contributed by atoms with Crippen molar-refractivity contribution in [3.05, 3.63) is 95.3 Å². The van der Waals surface area contributed by atoms with E-state index in [-0.39, 0.29) is 5.82 Å². The number of hydrogen-bond donors (Lipinski definition) is 0. The van der Waals surface area contributed by atoms with Crippen LogP contribution in [0.5, 0.6) is 0 Å². The minimum absolute atomic E-state index is 0.196. The summed E-state index contributed by atoms with van der Waals surface area (Å²) in [5.74, 6) is 3.22. The number of nitrogens with zero attached hydrogens (tertiary/aromatic N) is 1. The van der Waals surface area contributed by atoms with Crippen LogP contribution in [0.3, 0.4) is 0 Å². The van der Waals surface area contributed by atoms with Gasteiger partial charge in [0.2, 0.25) is 0 Å². The predicted molar refractivity (Wildman–Crippen MR) is 124 cm³/mol. The maximum absolute atomic E-state index is 13.7. The Kier molecular flexibility index (Phi) is 3.76. The lowest BCUT2D eigenvalue weighted by atomic mass is 9.53. The van der Waals surface area contributed by atoms with E-state index in [1.807, 2.05) is 12.1 Å². The molecule has 0 amide bonds. The summed E-state index contributed by atoms with van der Waals surface area (Å²) in [4.78, 5) is 2.31. The van der Waals surface area contributed by atoms with Crippen LogP contribution in [0.2, 0.25) is 0 Å². The third-order valence-corrected chi connectivity index (χ3v) is 8.22. The Hall–Kier alpha value is -2.87. The molecule has 8 rings (SSSR count). The summed E-state index contributed by atoms with van der Waals surface area (Å²) >= 11 is 0. The van der Waals surface area contributed by atoms with Gasteiger partial charge in [-0.15, -0.1) is 0 Å². The van der Waals surface area contributed by atoms with E-state index in [0.717, 1.165) is 29.4 Å². The first-order valence-electron chi connectivity index (χ1n) is 11.7. The highest BCUT2D eigenvalue weighted by Gasteiger charge is 2.47. The average molecular weight is 408 g/mol. The molecule has 0 spiro atoms. The summed E-state index contributed by atoms with van der Waals surface area (Å²) < 4.78 is 13.7. The fourth-order valence-corrected chi connectivity index (χ4v) is 7.31. The minimum Gasteiger partial charge on any atom is -0.309 e. The van der Waals surface area contributed by atoms with Crippen LogP contribution < -0.4 is 4.90 Å². The Morgan fingerprint density at radius 3 is 1.68 bits per heavy atom. The lowest BCUT2D eigenvalue weighted by Gasteiger charge is -2.53. The number of fused-ring (bicyclic) bond motifs is 2. The second-order valence-electron chi connectivity index (χ2n) is 9.98. The number of rotatable bonds is 1. The Balaban J connectivity index is 1.49. The molecule has 4 bridgehead atoms. The van der Waals surface area contributed by atoms with Crippen molar-refractivity contribution in [2.24, 2.45) is 23.7 Å². The third kappa shape index (κ3) is 2.60. The topological polar surface area (TPSA) is 3.24 Å². The van der Waals surface area contributed by atoms with Crippen molar-refractivity contribution in [1.29, 1.82) is 0 Å². The molecule has 2 heteroatoms. The molecule has 0 unspecified atom stereocenters. The van der Waals surface area contributed by atoms with Crippen LogP contribution in [0, 0.1) is 29.5 Å². The van der Waals surface area contributed by atoms with Crippen LogP contribution in [0.4, 0.5) is 21.5 Å². The fourth-order valence-electron chi connectivity index (χ4n) is 7.31. The summed E-state index contributed by atoms with van der Waals surface area (Å²) in [6, 6.07) is 24.6. The highest BCUT2D eigenvalue weighted by molar-refractivity contribution is 6.02. The van der Waals surface area contributed by atoms with E-state index in [9.17, 15) is 4.39 Å². The molecule has 0 radical (unpaired) electrons. The lowest BCUT2D eigenvalue weighted by molar-refractivity contribution is 0.0705. The monoisotopic (exact) mass is 407 g/mol. The highest BCUT2D eigenvalue weighted by Crippen LogP contribution is 2.60. The fraction of sp³-hybridized carbons (Fsp3) is 0.310. The molecule has 1 nitrogen and oxygen atoms in total. The number of halogens is 1. The molecule has 1 heterocycles. The molecule has 154 valence electrons. The van der Waals surface area contributed by atoms with Gasteiger partial charge < -0.3 is 4.90 Å². The van der Waals surface area contributed by atoms with Gasteiger partial charge >= 0.3 is 0 Å². The molecule has 4 aliphatic carbocycles. The van der Waals surface area contributed by atoms with Gasteiger partial charge in [-0.2, -0.15) is 0 Å². The standard InChI is InChI=1S/C29H26FN/c30-22-9-11-23(12-10-22)31-26-7-3-1-5-24(26)29(25-6-2-4-8-27(25)31)28-20-14-18-13-19(16-20)17-21(28)15-18/h1-12,18-21H,13-17H2. The van der Waals surface area contributed by atoms with E-state index in [1.54, 1.807) is 17.7 Å². The number of benzene rings is 3. The van der Waals surface area contributed by atoms with Crippen LogP contribution >= 0.6 is 0 Å². The van der Waals surface area contributed by atoms with Gasteiger partial charge in [-0.05, 0) is 97.7 Å². The molecule has 5 aliphatic rings. The molecule has 0 saturated heterocycles. The summed E-state index contributed by atoms with van der Waals surface area (Å²) in [5, 5.41) is 0. The average Bonchev–Trinajstić information content (AvgIpc) is 2.79. The van der Waals surface area contributed by atoms with E-state index in [0.29, 0.717) is 0 Å². The quantitative estimate of drug-likeness (QED) is 0.310. The Morgan fingerprint density at radius 1 is 0.613 bits per heavy atom. The Labute approximate surface area is 183 Å². The second kappa shape index (κ2) is 6.56. The highest BCUT2D eigenvalue weighted by atomic mass is 19.1. The number of anilines is 3. The molecule has 31 heavy (non-hydrogen) atoms. The number of para-hydroxylation sites is 2. The molecule has 0 atom stereocenters. The van der Waals surface area contributed by atoms with E-state index in [4.69, 9.17) is 0 Å². The molecule has 3 aromatic rings. The first-order valence-corrected chi connectivity index (χ1v) is 11.7. The van der Waals surface area contributed by atoms with Gasteiger partial charge in [0, 0.05) is 16.8 Å². The summed E-state index contributed by atoms with van der Waals surface area (Å²) in [6.07, 6.45) is 7.02. The Morgan fingerprint density at radius 2 is 1.13 bits per heavy atom. The third-order valence-electron chi connectivity index (χ3n) is 8.22. The van der Waals surface area contributed by atoms with Crippen LogP contribution in [0.15, 0.2) is 78.4 Å². The molecular weight excluding hydrogens is 381 g/mol. The van der Waals surface area contributed by atoms with Gasteiger partial charge in [-0.3, -0.25) is 0 Å². The molecular formula is C29H26FN. The van der Waals surface area contributed by atoms with Crippen molar-refractivity contribution in [1.82, 2.24) is 0 Å². The normalized spacial score (nSPS) is 28.0. The van der Waals surface area contributed by atoms with Crippen LogP contribution in [0.1, 0.15) is 43.2 Å². The molecule has 4 saturated carbocycles. The van der Waals surface area contributed by atoms with Crippen LogP contribution in [-0.2, 0) is 0 Å². The van der Waals surface area contributed by atoms with Crippen LogP contribution in [0.25, 0.3) is 5.57 Å². The lowest BCUT2D eigenvalue weighted by Crippen LogP contribution is -2.41. The minimum atomic E-state index is -0.196. The van der Waals surface area contributed by atoms with Crippen molar-refractivity contribution in [2.45, 2.75) is 32.1 Å². The molecule has 4 fully saturated rings. The summed E-state index contributed by atoms with van der Waals surface area (Å²) in [6.45, 7) is 0. The maximum atomic E-state index is 13.7. The largest absolute Gasteiger partial charge is 0.309 e. The molecule has 0 aromatic heterocycles. The van der Waals surface area contributed by atoms with Gasteiger partial charge in [0.1, 0.15) is 5.82 Å². The zero-order valence-electron chi connectivity index (χ0n) is 17.6. The van der Waals surface area contributed by atoms with Crippen molar-refractivity contribution >= 4 is 22.6 Å². The maximum Gasteiger partial charge on any atom is 0.123 e. The zero-order chi connectivity index (χ0) is 20.5. The first kappa shape index (κ1) is 17.8. The van der Waals surface area contributed by atoms with Crippen LogP contribution in [-0.4, -0.2) is 0 Å². The number of hydrogen-bond acceptors (Lipinski definition) is 1. The van der Waals surface area contributed by atoms with E-state index in [1.165, 1.54) is 60.2 Å². The van der Waals surface area contributed by atoms with Gasteiger partial charge in [0.05, 0.1) is 11.4 Å². The second-order valence-corrected chi connectivity index (χ2v) is 9.98. The predicted octanol–water partition coefficient (Wildman–Crippen LogP) is 7.87. The van der Waals surface area contributed by atoms with E-state index in [2.05, 4.69) is 53.4 Å². The van der Waals surface area contributed by atoms with Gasteiger partial charge in [0.25, 0.3) is 0 Å². The molecule has 3 aromatic carbocycles. The molecule has 0 N–H and O–H groups in total. The smallest absolute Gasteiger partial charge is 0.123 e. The number of allylic oxidation sites excluding steroid dienone is 1. The summed E-state index contributed by atoms with van der Waals surface area (Å²) in [5.41, 5.74) is 9.36. The van der Waals surface area contributed by atoms with Crippen molar-refractivity contribution in [3.8, 4) is 0 Å². The zero-order valence-corrected chi connectivity index (χ0v) is 17.6. The van der Waals surface area contributed by atoms with Gasteiger partial charge in [0.15, 0.2) is 0 Å².